The summed E-state index contributed by atoms with van der Waals surface area (Å²) >= 11 is 0. The zero-order chi connectivity index (χ0) is 15.2. The van der Waals surface area contributed by atoms with E-state index < -0.39 is 11.5 Å². The van der Waals surface area contributed by atoms with Crippen molar-refractivity contribution >= 4 is 11.9 Å². The summed E-state index contributed by atoms with van der Waals surface area (Å²) in [6.45, 7) is 3.41. The normalized spacial score (nSPS) is 13.3. The number of hydrogen-bond acceptors (Lipinski definition) is 3. The third kappa shape index (κ3) is 4.26. The number of nitrogens with one attached hydrogen (secondary N) is 1. The number of hydrogen-bond donors (Lipinski definition) is 2. The van der Waals surface area contributed by atoms with Crippen molar-refractivity contribution < 1.29 is 19.4 Å². The van der Waals surface area contributed by atoms with Gasteiger partial charge in [0, 0.05) is 0 Å². The van der Waals surface area contributed by atoms with E-state index in [1.54, 1.807) is 31.4 Å². The molecule has 20 heavy (non-hydrogen) atoms. The Hall–Kier alpha value is -2.04. The summed E-state index contributed by atoms with van der Waals surface area (Å²) in [5.74, 6) is -0.653. The highest BCUT2D eigenvalue weighted by Crippen LogP contribution is 2.15. The minimum absolute atomic E-state index is 0.129. The Morgan fingerprint density at radius 1 is 1.40 bits per heavy atom. The van der Waals surface area contributed by atoms with Crippen LogP contribution in [-0.4, -0.2) is 29.6 Å². The van der Waals surface area contributed by atoms with Gasteiger partial charge in [-0.25, -0.2) is 4.79 Å². The molecule has 110 valence electrons. The number of methoxy groups -OCH3 is 1. The van der Waals surface area contributed by atoms with Gasteiger partial charge in [-0.2, -0.15) is 0 Å². The van der Waals surface area contributed by atoms with E-state index in [-0.39, 0.29) is 12.3 Å². The fraction of sp³-hybridized carbons (Fsp3) is 0.467. The second-order valence-electron chi connectivity index (χ2n) is 4.96. The molecular formula is C15H21NO4. The Morgan fingerprint density at radius 3 is 2.65 bits per heavy atom. The van der Waals surface area contributed by atoms with Gasteiger partial charge in [0.15, 0.2) is 0 Å². The van der Waals surface area contributed by atoms with Crippen LogP contribution in [0.5, 0.6) is 5.75 Å². The van der Waals surface area contributed by atoms with Gasteiger partial charge in [0.05, 0.1) is 13.5 Å². The van der Waals surface area contributed by atoms with E-state index in [0.717, 1.165) is 5.56 Å². The van der Waals surface area contributed by atoms with E-state index in [4.69, 9.17) is 4.74 Å². The van der Waals surface area contributed by atoms with Gasteiger partial charge in [-0.15, -0.1) is 0 Å². The lowest BCUT2D eigenvalue weighted by molar-refractivity contribution is -0.147. The summed E-state index contributed by atoms with van der Waals surface area (Å²) < 4.78 is 5.09. The number of carboxylic acids is 1. The maximum absolute atomic E-state index is 12.0. The van der Waals surface area contributed by atoms with Crippen LogP contribution in [0.4, 0.5) is 0 Å². The lowest BCUT2D eigenvalue weighted by Crippen LogP contribution is -2.52. The van der Waals surface area contributed by atoms with Crippen molar-refractivity contribution in [3.63, 3.8) is 0 Å². The molecule has 5 nitrogen and oxygen atoms in total. The molecule has 0 aromatic heterocycles. The molecule has 1 aromatic rings. The van der Waals surface area contributed by atoms with Gasteiger partial charge in [0.25, 0.3) is 0 Å². The fourth-order valence-electron chi connectivity index (χ4n) is 2.04. The van der Waals surface area contributed by atoms with Crippen LogP contribution in [0.25, 0.3) is 0 Å². The zero-order valence-corrected chi connectivity index (χ0v) is 12.1. The molecule has 0 radical (unpaired) electrons. The second-order valence-corrected chi connectivity index (χ2v) is 4.96. The molecule has 0 fully saturated rings. The highest BCUT2D eigenvalue weighted by molar-refractivity contribution is 5.87. The molecule has 1 amide bonds. The number of rotatable bonds is 7. The van der Waals surface area contributed by atoms with Crippen LogP contribution in [-0.2, 0) is 16.0 Å². The van der Waals surface area contributed by atoms with Crippen LogP contribution in [0, 0.1) is 0 Å². The van der Waals surface area contributed by atoms with Crippen molar-refractivity contribution in [3.8, 4) is 5.75 Å². The number of carbonyl (C=O) groups excluding carboxylic acids is 1. The molecule has 0 spiro atoms. The molecule has 2 N–H and O–H groups in total. The summed E-state index contributed by atoms with van der Waals surface area (Å²) in [7, 11) is 1.56. The van der Waals surface area contributed by atoms with Crippen molar-refractivity contribution in [3.05, 3.63) is 29.8 Å². The predicted molar refractivity (Wildman–Crippen MR) is 75.8 cm³/mol. The molecule has 1 rings (SSSR count). The molecule has 0 bridgehead atoms. The fourth-order valence-corrected chi connectivity index (χ4v) is 2.04. The first kappa shape index (κ1) is 16.0. The van der Waals surface area contributed by atoms with Gasteiger partial charge >= 0.3 is 5.97 Å². The lowest BCUT2D eigenvalue weighted by Gasteiger charge is -2.25. The Balaban J connectivity index is 2.73. The van der Waals surface area contributed by atoms with Crippen LogP contribution >= 0.6 is 0 Å². The van der Waals surface area contributed by atoms with Crippen LogP contribution in [0.15, 0.2) is 24.3 Å². The van der Waals surface area contributed by atoms with Gasteiger partial charge in [0.2, 0.25) is 5.91 Å². The zero-order valence-electron chi connectivity index (χ0n) is 12.1. The highest BCUT2D eigenvalue weighted by atomic mass is 16.5. The average molecular weight is 279 g/mol. The van der Waals surface area contributed by atoms with E-state index in [0.29, 0.717) is 18.6 Å². The summed E-state index contributed by atoms with van der Waals surface area (Å²) in [6.07, 6.45) is 1.21. The summed E-state index contributed by atoms with van der Waals surface area (Å²) in [4.78, 5) is 23.3. The molecule has 0 heterocycles. The number of ether oxygens (including phenoxy) is 1. The molecular weight excluding hydrogens is 258 g/mol. The first-order valence-corrected chi connectivity index (χ1v) is 6.58. The monoisotopic (exact) mass is 279 g/mol. The average Bonchev–Trinajstić information content (AvgIpc) is 2.38. The molecule has 1 unspecified atom stereocenters. The number of amides is 1. The summed E-state index contributed by atoms with van der Waals surface area (Å²) in [6, 6.07) is 7.15. The molecule has 0 aliphatic carbocycles. The Labute approximate surface area is 118 Å². The third-order valence-electron chi connectivity index (χ3n) is 3.14. The Morgan fingerprint density at radius 2 is 2.10 bits per heavy atom. The Bertz CT molecular complexity index is 487. The molecule has 0 aliphatic heterocycles. The third-order valence-corrected chi connectivity index (χ3v) is 3.14. The topological polar surface area (TPSA) is 75.6 Å². The van der Waals surface area contributed by atoms with Gasteiger partial charge in [0.1, 0.15) is 11.3 Å². The van der Waals surface area contributed by atoms with E-state index in [1.807, 2.05) is 6.92 Å². The minimum Gasteiger partial charge on any atom is -0.497 e. The maximum atomic E-state index is 12.0. The van der Waals surface area contributed by atoms with Crippen LogP contribution in [0.3, 0.4) is 0 Å². The van der Waals surface area contributed by atoms with Crippen LogP contribution in [0.2, 0.25) is 0 Å². The minimum atomic E-state index is -1.22. The summed E-state index contributed by atoms with van der Waals surface area (Å²) in [5.41, 5.74) is -0.434. The number of carbonyl (C=O) groups is 2. The predicted octanol–water partition coefficient (Wildman–Crippen LogP) is 2.00. The van der Waals surface area contributed by atoms with Gasteiger partial charge < -0.3 is 15.2 Å². The SMILES string of the molecule is CCCC(C)(NC(=O)Cc1cccc(OC)c1)C(=O)O. The first-order valence-electron chi connectivity index (χ1n) is 6.58. The highest BCUT2D eigenvalue weighted by Gasteiger charge is 2.33. The first-order chi connectivity index (χ1) is 9.41. The van der Waals surface area contributed by atoms with Gasteiger partial charge in [-0.3, -0.25) is 4.79 Å². The molecule has 0 saturated heterocycles. The van der Waals surface area contributed by atoms with Crippen molar-refractivity contribution in [2.45, 2.75) is 38.6 Å². The standard InChI is InChI=1S/C15H21NO4/c1-4-8-15(2,14(18)19)16-13(17)10-11-6-5-7-12(9-11)20-3/h5-7,9H,4,8,10H2,1-3H3,(H,16,17)(H,18,19). The van der Waals surface area contributed by atoms with Crippen LogP contribution < -0.4 is 10.1 Å². The number of carboxylic acid groups (broad SMARTS) is 1. The largest absolute Gasteiger partial charge is 0.497 e. The van der Waals surface area contributed by atoms with E-state index in [9.17, 15) is 14.7 Å². The van der Waals surface area contributed by atoms with Crippen molar-refractivity contribution in [1.29, 1.82) is 0 Å². The molecule has 0 aliphatic rings. The van der Waals surface area contributed by atoms with E-state index in [2.05, 4.69) is 5.32 Å². The van der Waals surface area contributed by atoms with Crippen LogP contribution in [0.1, 0.15) is 32.3 Å². The summed E-state index contributed by atoms with van der Waals surface area (Å²) in [5, 5.41) is 11.8. The van der Waals surface area contributed by atoms with E-state index >= 15 is 0 Å². The number of aliphatic carboxylic acids is 1. The van der Waals surface area contributed by atoms with Crippen molar-refractivity contribution in [2.75, 3.05) is 7.11 Å². The molecule has 0 saturated carbocycles. The Kier molecular flexibility index (Phi) is 5.55. The van der Waals surface area contributed by atoms with E-state index in [1.165, 1.54) is 6.92 Å². The maximum Gasteiger partial charge on any atom is 0.329 e. The second kappa shape index (κ2) is 6.93. The van der Waals surface area contributed by atoms with Crippen molar-refractivity contribution in [1.82, 2.24) is 5.32 Å². The smallest absolute Gasteiger partial charge is 0.329 e. The quantitative estimate of drug-likeness (QED) is 0.800. The molecule has 1 atom stereocenters. The van der Waals surface area contributed by atoms with Crippen molar-refractivity contribution in [2.24, 2.45) is 0 Å². The van der Waals surface area contributed by atoms with Gasteiger partial charge in [-0.1, -0.05) is 25.5 Å². The number of benzene rings is 1. The van der Waals surface area contributed by atoms with Gasteiger partial charge in [-0.05, 0) is 31.0 Å². The lowest BCUT2D eigenvalue weighted by atomic mass is 9.96. The molecule has 1 aromatic carbocycles. The molecule has 5 heteroatoms.